The second-order valence-corrected chi connectivity index (χ2v) is 12.2. The molecule has 0 aromatic heterocycles. The van der Waals surface area contributed by atoms with Gasteiger partial charge < -0.3 is 15.5 Å². The molecule has 10 nitrogen and oxygen atoms in total. The van der Waals surface area contributed by atoms with Crippen LogP contribution in [0, 0.1) is 0 Å². The standard InChI is InChI=1S/C24H37F3N6O4S2/c1-6-8-11-32-18(7-2)10-9-17-12-21(19(13-20(17)32)31-39(35,36)14-24(25,26)27)33(29)16(5)38-22(30-28)23(34)37-15(3)4/h12-13,15,18,31H,5-11,14,28-29H2,1-4H3/b30-22-. The van der Waals surface area contributed by atoms with Gasteiger partial charge in [0.25, 0.3) is 0 Å². The molecule has 2 rings (SSSR count). The maximum Gasteiger partial charge on any atom is 0.404 e. The van der Waals surface area contributed by atoms with Crippen molar-refractivity contribution in [3.8, 4) is 0 Å². The summed E-state index contributed by atoms with van der Waals surface area (Å²) in [6, 6.07) is 3.34. The number of esters is 1. The van der Waals surface area contributed by atoms with E-state index >= 15 is 0 Å². The molecule has 0 amide bonds. The number of hydrogen-bond acceptors (Lipinski definition) is 10. The Morgan fingerprint density at radius 1 is 1.36 bits per heavy atom. The molecule has 0 spiro atoms. The first-order valence-electron chi connectivity index (χ1n) is 12.5. The second-order valence-electron chi connectivity index (χ2n) is 9.38. The quantitative estimate of drug-likeness (QED) is 0.111. The van der Waals surface area contributed by atoms with Gasteiger partial charge in [-0.1, -0.05) is 26.8 Å². The molecule has 1 aliphatic rings. The van der Waals surface area contributed by atoms with E-state index in [2.05, 4.69) is 35.1 Å². The molecule has 0 radical (unpaired) electrons. The number of nitrogens with two attached hydrogens (primary N) is 2. The van der Waals surface area contributed by atoms with Crippen LogP contribution in [0.3, 0.4) is 0 Å². The molecule has 1 heterocycles. The van der Waals surface area contributed by atoms with Crippen molar-refractivity contribution in [3.05, 3.63) is 29.3 Å². The Balaban J connectivity index is 2.56. The number of carbonyl (C=O) groups excluding carboxylic acids is 1. The minimum Gasteiger partial charge on any atom is -0.458 e. The number of hydrazine groups is 1. The van der Waals surface area contributed by atoms with Gasteiger partial charge in [-0.3, -0.25) is 9.73 Å². The summed E-state index contributed by atoms with van der Waals surface area (Å²) in [6.45, 7) is 11.9. The van der Waals surface area contributed by atoms with Gasteiger partial charge in [0.15, 0.2) is 5.75 Å². The molecule has 1 aromatic rings. The Morgan fingerprint density at radius 2 is 2.03 bits per heavy atom. The van der Waals surface area contributed by atoms with Gasteiger partial charge in [-0.2, -0.15) is 18.3 Å². The minimum absolute atomic E-state index is 0.00112. The third-order valence-electron chi connectivity index (χ3n) is 5.91. The minimum atomic E-state index is -4.95. The van der Waals surface area contributed by atoms with Gasteiger partial charge in [-0.15, -0.1) is 0 Å². The zero-order chi connectivity index (χ0) is 29.5. The third-order valence-corrected chi connectivity index (χ3v) is 8.05. The molecule has 15 heteroatoms. The van der Waals surface area contributed by atoms with E-state index in [0.29, 0.717) is 24.7 Å². The van der Waals surface area contributed by atoms with Gasteiger partial charge in [0, 0.05) is 18.3 Å². The number of nitrogens with zero attached hydrogens (tertiary/aromatic N) is 3. The van der Waals surface area contributed by atoms with Crippen LogP contribution in [0.5, 0.6) is 0 Å². The lowest BCUT2D eigenvalue weighted by Gasteiger charge is -2.40. The van der Waals surface area contributed by atoms with Crippen molar-refractivity contribution < 1.29 is 31.1 Å². The molecule has 220 valence electrons. The lowest BCUT2D eigenvalue weighted by Crippen LogP contribution is -2.40. The average Bonchev–Trinajstić information content (AvgIpc) is 2.82. The molecule has 1 unspecified atom stereocenters. The zero-order valence-corrected chi connectivity index (χ0v) is 24.2. The topological polar surface area (TPSA) is 143 Å². The van der Waals surface area contributed by atoms with E-state index in [9.17, 15) is 26.4 Å². The Hall–Kier alpha value is -2.65. The van der Waals surface area contributed by atoms with Gasteiger partial charge in [-0.25, -0.2) is 19.1 Å². The molecular weight excluding hydrogens is 557 g/mol. The summed E-state index contributed by atoms with van der Waals surface area (Å²) in [5, 5.41) is 4.14. The number of fused-ring (bicyclic) bond motifs is 1. The van der Waals surface area contributed by atoms with Crippen molar-refractivity contribution in [3.63, 3.8) is 0 Å². The number of rotatable bonds is 11. The van der Waals surface area contributed by atoms with E-state index in [0.717, 1.165) is 41.9 Å². The Morgan fingerprint density at radius 3 is 2.56 bits per heavy atom. The Bertz CT molecular complexity index is 1180. The number of aryl methyl sites for hydroxylation is 1. The van der Waals surface area contributed by atoms with Gasteiger partial charge in [0.2, 0.25) is 15.1 Å². The van der Waals surface area contributed by atoms with E-state index in [1.165, 1.54) is 6.07 Å². The number of alkyl halides is 3. The molecule has 39 heavy (non-hydrogen) atoms. The van der Waals surface area contributed by atoms with E-state index in [1.807, 2.05) is 0 Å². The summed E-state index contributed by atoms with van der Waals surface area (Å²) in [5.41, 5.74) is 1.48. The Kier molecular flexibility index (Phi) is 11.4. The first kappa shape index (κ1) is 32.6. The number of carbonyl (C=O) groups is 1. The van der Waals surface area contributed by atoms with Crippen LogP contribution in [0.25, 0.3) is 0 Å². The number of benzene rings is 1. The number of hydrogen-bond donors (Lipinski definition) is 3. The van der Waals surface area contributed by atoms with Crippen molar-refractivity contribution in [1.29, 1.82) is 0 Å². The Labute approximate surface area is 232 Å². The van der Waals surface area contributed by atoms with Crippen LogP contribution in [0.1, 0.15) is 58.9 Å². The van der Waals surface area contributed by atoms with Crippen LogP contribution in [0.15, 0.2) is 28.8 Å². The van der Waals surface area contributed by atoms with Crippen LogP contribution in [-0.2, 0) is 26.0 Å². The fourth-order valence-electron chi connectivity index (χ4n) is 4.20. The fourth-order valence-corrected chi connectivity index (χ4v) is 5.80. The van der Waals surface area contributed by atoms with E-state index in [-0.39, 0.29) is 27.5 Å². The lowest BCUT2D eigenvalue weighted by molar-refractivity contribution is -0.138. The summed E-state index contributed by atoms with van der Waals surface area (Å²) in [4.78, 5) is 14.4. The van der Waals surface area contributed by atoms with E-state index in [1.54, 1.807) is 19.9 Å². The maximum absolute atomic E-state index is 13.0. The van der Waals surface area contributed by atoms with Crippen molar-refractivity contribution >= 4 is 49.9 Å². The summed E-state index contributed by atoms with van der Waals surface area (Å²) < 4.78 is 71.2. The number of unbranched alkanes of at least 4 members (excludes halogenated alkanes) is 1. The third kappa shape index (κ3) is 9.21. The number of hydrazone groups is 1. The molecule has 0 fully saturated rings. The van der Waals surface area contributed by atoms with Crippen LogP contribution in [-0.4, -0.2) is 50.1 Å². The van der Waals surface area contributed by atoms with Crippen molar-refractivity contribution in [2.45, 2.75) is 78.1 Å². The highest BCUT2D eigenvalue weighted by molar-refractivity contribution is 8.18. The number of thioether (sulfide) groups is 1. The molecule has 5 N–H and O–H groups in total. The number of anilines is 3. The van der Waals surface area contributed by atoms with Crippen molar-refractivity contribution in [2.24, 2.45) is 16.8 Å². The summed E-state index contributed by atoms with van der Waals surface area (Å²) >= 11 is 0.677. The first-order valence-corrected chi connectivity index (χ1v) is 15.0. The monoisotopic (exact) mass is 594 g/mol. The molecule has 1 atom stereocenters. The van der Waals surface area contributed by atoms with Crippen molar-refractivity contribution in [2.75, 3.05) is 26.9 Å². The lowest BCUT2D eigenvalue weighted by atomic mass is 9.93. The summed E-state index contributed by atoms with van der Waals surface area (Å²) in [5.74, 6) is 8.74. The first-order chi connectivity index (χ1) is 18.1. The summed E-state index contributed by atoms with van der Waals surface area (Å²) in [7, 11) is -4.84. The van der Waals surface area contributed by atoms with Gasteiger partial charge in [-0.05, 0) is 69.0 Å². The fraction of sp³-hybridized carbons (Fsp3) is 0.583. The summed E-state index contributed by atoms with van der Waals surface area (Å²) in [6.07, 6.45) is -1.23. The molecule has 0 saturated heterocycles. The zero-order valence-electron chi connectivity index (χ0n) is 22.5. The predicted molar refractivity (Wildman–Crippen MR) is 151 cm³/mol. The molecule has 0 bridgehead atoms. The predicted octanol–water partition coefficient (Wildman–Crippen LogP) is 4.43. The highest BCUT2D eigenvalue weighted by atomic mass is 32.2. The number of sulfonamides is 1. The molecule has 0 saturated carbocycles. The van der Waals surface area contributed by atoms with Crippen LogP contribution >= 0.6 is 11.8 Å². The maximum atomic E-state index is 13.0. The van der Waals surface area contributed by atoms with E-state index in [4.69, 9.17) is 16.4 Å². The second kappa shape index (κ2) is 13.6. The van der Waals surface area contributed by atoms with Crippen LogP contribution < -0.4 is 26.3 Å². The SMILES string of the molecule is C=C(S/C(=N\N)C(=O)OC(C)C)N(N)c1cc2c(cc1NS(=O)(=O)CC(F)(F)F)N(CCCC)C(CC)CC2. The van der Waals surface area contributed by atoms with Crippen LogP contribution in [0.2, 0.25) is 0 Å². The van der Waals surface area contributed by atoms with E-state index < -0.39 is 34.0 Å². The molecule has 1 aliphatic heterocycles. The van der Waals surface area contributed by atoms with Crippen LogP contribution in [0.4, 0.5) is 30.2 Å². The van der Waals surface area contributed by atoms with Gasteiger partial charge in [0.05, 0.1) is 22.5 Å². The normalized spacial score (nSPS) is 16.2. The smallest absolute Gasteiger partial charge is 0.404 e. The number of ether oxygens (including phenoxy) is 1. The number of nitrogens with one attached hydrogen (secondary N) is 1. The van der Waals surface area contributed by atoms with Gasteiger partial charge in [0.1, 0.15) is 0 Å². The average molecular weight is 595 g/mol. The highest BCUT2D eigenvalue weighted by Crippen LogP contribution is 2.41. The molecule has 0 aliphatic carbocycles. The van der Waals surface area contributed by atoms with Crippen molar-refractivity contribution in [1.82, 2.24) is 0 Å². The van der Waals surface area contributed by atoms with Gasteiger partial charge >= 0.3 is 12.1 Å². The molecule has 1 aromatic carbocycles. The largest absolute Gasteiger partial charge is 0.458 e. The highest BCUT2D eigenvalue weighted by Gasteiger charge is 2.36. The molecular formula is C24H37F3N6O4S2. The number of halogens is 3.